The van der Waals surface area contributed by atoms with Gasteiger partial charge in [-0.15, -0.1) is 0 Å². The van der Waals surface area contributed by atoms with Gasteiger partial charge in [-0.2, -0.15) is 5.10 Å². The lowest BCUT2D eigenvalue weighted by Crippen LogP contribution is -2.54. The second kappa shape index (κ2) is 7.46. The number of hydrogen-bond donors (Lipinski definition) is 2. The molecule has 0 spiro atoms. The Labute approximate surface area is 146 Å². The number of aliphatic carboxylic acids is 1. The molecule has 2 amide bonds. The molecule has 0 bridgehead atoms. The van der Waals surface area contributed by atoms with E-state index in [9.17, 15) is 14.4 Å². The molecule has 0 aromatic heterocycles. The first-order valence-corrected chi connectivity index (χ1v) is 8.23. The highest BCUT2D eigenvalue weighted by Crippen LogP contribution is 2.23. The van der Waals surface area contributed by atoms with Crippen LogP contribution in [0.15, 0.2) is 35.4 Å². The van der Waals surface area contributed by atoms with Crippen LogP contribution >= 0.6 is 0 Å². The zero-order chi connectivity index (χ0) is 18.6. The van der Waals surface area contributed by atoms with Crippen molar-refractivity contribution in [1.29, 1.82) is 0 Å². The van der Waals surface area contributed by atoms with E-state index in [0.29, 0.717) is 5.69 Å². The van der Waals surface area contributed by atoms with Crippen LogP contribution in [0.1, 0.15) is 40.0 Å². The average Bonchev–Trinajstić information content (AvgIpc) is 2.55. The molecule has 2 N–H and O–H groups in total. The summed E-state index contributed by atoms with van der Waals surface area (Å²) in [6, 6.07) is 8.88. The predicted molar refractivity (Wildman–Crippen MR) is 94.2 cm³/mol. The van der Waals surface area contributed by atoms with Gasteiger partial charge in [0.1, 0.15) is 5.71 Å². The molecule has 7 nitrogen and oxygen atoms in total. The molecule has 0 fully saturated rings. The fourth-order valence-corrected chi connectivity index (χ4v) is 2.53. The molecular weight excluding hydrogens is 322 g/mol. The Balaban J connectivity index is 2.23. The van der Waals surface area contributed by atoms with Crippen molar-refractivity contribution in [3.63, 3.8) is 0 Å². The second-order valence-electron chi connectivity index (χ2n) is 6.68. The van der Waals surface area contributed by atoms with Gasteiger partial charge >= 0.3 is 5.97 Å². The molecule has 25 heavy (non-hydrogen) atoms. The monoisotopic (exact) mass is 345 g/mol. The molecule has 0 saturated carbocycles. The van der Waals surface area contributed by atoms with Gasteiger partial charge in [0.2, 0.25) is 5.91 Å². The third-order valence-corrected chi connectivity index (χ3v) is 4.49. The molecule has 1 unspecified atom stereocenters. The van der Waals surface area contributed by atoms with Gasteiger partial charge in [-0.05, 0) is 25.0 Å². The van der Waals surface area contributed by atoms with Crippen LogP contribution in [0.5, 0.6) is 0 Å². The smallest absolute Gasteiger partial charge is 0.305 e. The third-order valence-electron chi connectivity index (χ3n) is 4.49. The summed E-state index contributed by atoms with van der Waals surface area (Å²) in [5.74, 6) is -1.68. The fourth-order valence-electron chi connectivity index (χ4n) is 2.53. The summed E-state index contributed by atoms with van der Waals surface area (Å²) < 4.78 is 0. The maximum absolute atomic E-state index is 12.6. The van der Waals surface area contributed by atoms with Crippen LogP contribution in [0, 0.1) is 5.92 Å². The van der Waals surface area contributed by atoms with Gasteiger partial charge in [0.15, 0.2) is 0 Å². The number of benzene rings is 1. The number of nitrogens with one attached hydrogen (secondary N) is 1. The molecule has 1 aliphatic rings. The predicted octanol–water partition coefficient (Wildman–Crippen LogP) is 2.17. The summed E-state index contributed by atoms with van der Waals surface area (Å²) in [5, 5.41) is 17.3. The molecule has 1 heterocycles. The number of carbonyl (C=O) groups is 3. The Morgan fingerprint density at radius 3 is 2.48 bits per heavy atom. The first-order valence-electron chi connectivity index (χ1n) is 8.23. The summed E-state index contributed by atoms with van der Waals surface area (Å²) in [6.07, 6.45) is 0.221. The van der Waals surface area contributed by atoms with E-state index in [1.807, 2.05) is 19.9 Å². The lowest BCUT2D eigenvalue weighted by molar-refractivity contribution is -0.139. The minimum absolute atomic E-state index is 0.0800. The van der Waals surface area contributed by atoms with E-state index in [0.717, 1.165) is 0 Å². The van der Waals surface area contributed by atoms with Gasteiger partial charge in [0.25, 0.3) is 5.91 Å². The van der Waals surface area contributed by atoms with Gasteiger partial charge < -0.3 is 10.4 Å². The van der Waals surface area contributed by atoms with Crippen LogP contribution in [0.2, 0.25) is 0 Å². The molecule has 2 rings (SSSR count). The van der Waals surface area contributed by atoms with Crippen molar-refractivity contribution >= 4 is 29.2 Å². The Hall–Kier alpha value is -2.70. The summed E-state index contributed by atoms with van der Waals surface area (Å²) >= 11 is 0. The maximum atomic E-state index is 12.6. The molecular formula is C18H23N3O4. The molecule has 0 saturated heterocycles. The molecule has 1 aromatic rings. The number of para-hydroxylation sites is 1. The van der Waals surface area contributed by atoms with E-state index in [1.165, 1.54) is 5.01 Å². The maximum Gasteiger partial charge on any atom is 0.305 e. The number of carboxylic acids is 1. The van der Waals surface area contributed by atoms with Crippen LogP contribution in [-0.4, -0.2) is 34.1 Å². The van der Waals surface area contributed by atoms with E-state index in [2.05, 4.69) is 10.4 Å². The Morgan fingerprint density at radius 1 is 1.28 bits per heavy atom. The minimum atomic E-state index is -0.983. The number of carbonyl (C=O) groups excluding carboxylic acids is 2. The van der Waals surface area contributed by atoms with Gasteiger partial charge in [-0.25, -0.2) is 5.01 Å². The Morgan fingerprint density at radius 2 is 1.92 bits per heavy atom. The highest BCUT2D eigenvalue weighted by molar-refractivity contribution is 6.40. The summed E-state index contributed by atoms with van der Waals surface area (Å²) in [5.41, 5.74) is -0.0832. The van der Waals surface area contributed by atoms with E-state index < -0.39 is 17.4 Å². The Bertz CT molecular complexity index is 700. The molecule has 1 atom stereocenters. The summed E-state index contributed by atoms with van der Waals surface area (Å²) in [4.78, 5) is 35.8. The van der Waals surface area contributed by atoms with E-state index in [4.69, 9.17) is 5.11 Å². The number of hydrogen-bond acceptors (Lipinski definition) is 4. The van der Waals surface area contributed by atoms with Crippen LogP contribution in [0.3, 0.4) is 0 Å². The highest BCUT2D eigenvalue weighted by atomic mass is 16.4. The van der Waals surface area contributed by atoms with Crippen molar-refractivity contribution in [2.75, 3.05) is 5.01 Å². The number of hydrazone groups is 1. The summed E-state index contributed by atoms with van der Waals surface area (Å²) in [6.45, 7) is 5.41. The number of carboxylic acid groups (broad SMARTS) is 1. The molecule has 1 aromatic carbocycles. The van der Waals surface area contributed by atoms with Crippen molar-refractivity contribution in [3.8, 4) is 0 Å². The van der Waals surface area contributed by atoms with Gasteiger partial charge in [0.05, 0.1) is 17.6 Å². The Kier molecular flexibility index (Phi) is 5.56. The number of rotatable bonds is 6. The van der Waals surface area contributed by atoms with Crippen LogP contribution in [-0.2, 0) is 14.4 Å². The standard InChI is InChI=1S/C18H23N3O4/c1-12(2)18(3,11-16(23)24)19-17(25)14-9-10-15(22)21(20-14)13-7-5-4-6-8-13/h4-8,12H,9-11H2,1-3H3,(H,19,25)(H,23,24). The van der Waals surface area contributed by atoms with Gasteiger partial charge in [0, 0.05) is 12.8 Å². The fraction of sp³-hybridized carbons (Fsp3) is 0.444. The largest absolute Gasteiger partial charge is 0.481 e. The molecule has 1 aliphatic heterocycles. The first kappa shape index (κ1) is 18.6. The van der Waals surface area contributed by atoms with Gasteiger partial charge in [-0.1, -0.05) is 32.0 Å². The number of nitrogens with zero attached hydrogens (tertiary/aromatic N) is 2. The second-order valence-corrected chi connectivity index (χ2v) is 6.68. The highest BCUT2D eigenvalue weighted by Gasteiger charge is 2.35. The summed E-state index contributed by atoms with van der Waals surface area (Å²) in [7, 11) is 0. The lowest BCUT2D eigenvalue weighted by Gasteiger charge is -2.34. The SMILES string of the molecule is CC(C)C(C)(CC(=O)O)NC(=O)C1=NN(c2ccccc2)C(=O)CC1. The zero-order valence-corrected chi connectivity index (χ0v) is 14.7. The number of anilines is 1. The van der Waals surface area contributed by atoms with Crippen LogP contribution in [0.4, 0.5) is 5.69 Å². The van der Waals surface area contributed by atoms with E-state index in [-0.39, 0.29) is 36.8 Å². The van der Waals surface area contributed by atoms with Crippen molar-refractivity contribution in [2.24, 2.45) is 11.0 Å². The van der Waals surface area contributed by atoms with Crippen molar-refractivity contribution in [1.82, 2.24) is 5.32 Å². The van der Waals surface area contributed by atoms with Crippen LogP contribution < -0.4 is 10.3 Å². The van der Waals surface area contributed by atoms with Crippen LogP contribution in [0.25, 0.3) is 0 Å². The quantitative estimate of drug-likeness (QED) is 0.825. The third kappa shape index (κ3) is 4.43. The molecule has 0 radical (unpaired) electrons. The van der Waals surface area contributed by atoms with Crippen molar-refractivity contribution in [3.05, 3.63) is 30.3 Å². The lowest BCUT2D eigenvalue weighted by atomic mass is 9.85. The van der Waals surface area contributed by atoms with Gasteiger partial charge in [-0.3, -0.25) is 14.4 Å². The van der Waals surface area contributed by atoms with E-state index in [1.54, 1.807) is 31.2 Å². The average molecular weight is 345 g/mol. The number of amides is 2. The molecule has 0 aliphatic carbocycles. The van der Waals surface area contributed by atoms with Crippen molar-refractivity contribution < 1.29 is 19.5 Å². The zero-order valence-electron chi connectivity index (χ0n) is 14.7. The minimum Gasteiger partial charge on any atom is -0.481 e. The molecule has 7 heteroatoms. The molecule has 134 valence electrons. The van der Waals surface area contributed by atoms with E-state index >= 15 is 0 Å². The van der Waals surface area contributed by atoms with Crippen molar-refractivity contribution in [2.45, 2.75) is 45.6 Å². The first-order chi connectivity index (χ1) is 11.7. The normalized spacial score (nSPS) is 17.0. The topological polar surface area (TPSA) is 99.1 Å².